The fourth-order valence-electron chi connectivity index (χ4n) is 1.49. The smallest absolute Gasteiger partial charge is 0.373 e. The minimum atomic E-state index is -0.515. The third-order valence-electron chi connectivity index (χ3n) is 2.77. The Bertz CT molecular complexity index is 690. The van der Waals surface area contributed by atoms with Crippen molar-refractivity contribution >= 4 is 17.7 Å². The highest BCUT2D eigenvalue weighted by Crippen LogP contribution is 2.20. The fraction of sp³-hybridized carbons (Fsp3) is 0.308. The van der Waals surface area contributed by atoms with Gasteiger partial charge in [-0.05, 0) is 26.0 Å². The number of furan rings is 1. The van der Waals surface area contributed by atoms with Gasteiger partial charge in [0, 0.05) is 11.3 Å². The Hall–Kier alpha value is -2.02. The van der Waals surface area contributed by atoms with E-state index in [2.05, 4.69) is 14.7 Å². The van der Waals surface area contributed by atoms with Gasteiger partial charge in [-0.25, -0.2) is 9.78 Å². The molecule has 7 heteroatoms. The van der Waals surface area contributed by atoms with E-state index in [1.807, 2.05) is 0 Å². The predicted molar refractivity (Wildman–Crippen MR) is 73.9 cm³/mol. The van der Waals surface area contributed by atoms with Gasteiger partial charge < -0.3 is 14.1 Å². The third-order valence-corrected chi connectivity index (χ3v) is 3.67. The Balaban J connectivity index is 2.07. The first kappa shape index (κ1) is 14.4. The standard InChI is InChI=1S/C13H14N2O4S/c1-7-8(2)14-13(15-11(7)16)20-6-9-4-5-10(19-9)12(17)18-3/h4-5H,6H2,1-3H3,(H,14,15,16). The summed E-state index contributed by atoms with van der Waals surface area (Å²) in [6.07, 6.45) is 0. The van der Waals surface area contributed by atoms with Gasteiger partial charge in [0.15, 0.2) is 5.16 Å². The molecule has 0 aliphatic rings. The molecule has 106 valence electrons. The van der Waals surface area contributed by atoms with E-state index >= 15 is 0 Å². The first-order valence-electron chi connectivity index (χ1n) is 5.88. The number of carbonyl (C=O) groups is 1. The van der Waals surface area contributed by atoms with Gasteiger partial charge in [-0.3, -0.25) is 4.79 Å². The molecule has 2 heterocycles. The van der Waals surface area contributed by atoms with Crippen molar-refractivity contribution in [1.82, 2.24) is 9.97 Å². The van der Waals surface area contributed by atoms with E-state index in [4.69, 9.17) is 4.42 Å². The van der Waals surface area contributed by atoms with Gasteiger partial charge in [0.05, 0.1) is 12.9 Å². The van der Waals surface area contributed by atoms with Crippen LogP contribution in [0.15, 0.2) is 26.5 Å². The number of aromatic amines is 1. The molecule has 0 spiro atoms. The highest BCUT2D eigenvalue weighted by molar-refractivity contribution is 7.98. The number of ether oxygens (including phenoxy) is 1. The lowest BCUT2D eigenvalue weighted by Crippen LogP contribution is -2.13. The Morgan fingerprint density at radius 2 is 2.20 bits per heavy atom. The Morgan fingerprint density at radius 3 is 2.85 bits per heavy atom. The normalized spacial score (nSPS) is 10.6. The van der Waals surface area contributed by atoms with Crippen LogP contribution in [0.25, 0.3) is 0 Å². The number of nitrogens with one attached hydrogen (secondary N) is 1. The molecule has 0 bridgehead atoms. The number of esters is 1. The number of methoxy groups -OCH3 is 1. The van der Waals surface area contributed by atoms with Gasteiger partial charge in [0.25, 0.3) is 5.56 Å². The summed E-state index contributed by atoms with van der Waals surface area (Å²) in [5.74, 6) is 0.711. The van der Waals surface area contributed by atoms with Crippen molar-refractivity contribution in [2.75, 3.05) is 7.11 Å². The second-order valence-electron chi connectivity index (χ2n) is 4.13. The first-order valence-corrected chi connectivity index (χ1v) is 6.87. The van der Waals surface area contributed by atoms with Crippen LogP contribution in [-0.4, -0.2) is 23.0 Å². The van der Waals surface area contributed by atoms with Crippen LogP contribution in [0, 0.1) is 13.8 Å². The number of nitrogens with zero attached hydrogens (tertiary/aromatic N) is 1. The number of hydrogen-bond acceptors (Lipinski definition) is 6. The second-order valence-corrected chi connectivity index (χ2v) is 5.09. The Kier molecular flexibility index (Phi) is 4.29. The minimum Gasteiger partial charge on any atom is -0.463 e. The molecule has 0 aromatic carbocycles. The zero-order valence-electron chi connectivity index (χ0n) is 11.4. The van der Waals surface area contributed by atoms with Crippen LogP contribution in [0.2, 0.25) is 0 Å². The van der Waals surface area contributed by atoms with Crippen LogP contribution < -0.4 is 5.56 Å². The lowest BCUT2D eigenvalue weighted by atomic mass is 10.3. The van der Waals surface area contributed by atoms with Gasteiger partial charge in [-0.2, -0.15) is 0 Å². The number of thioether (sulfide) groups is 1. The van der Waals surface area contributed by atoms with Crippen molar-refractivity contribution in [3.63, 3.8) is 0 Å². The molecule has 0 unspecified atom stereocenters. The molecule has 2 rings (SSSR count). The van der Waals surface area contributed by atoms with E-state index in [9.17, 15) is 9.59 Å². The van der Waals surface area contributed by atoms with Crippen molar-refractivity contribution < 1.29 is 13.9 Å². The summed E-state index contributed by atoms with van der Waals surface area (Å²) in [5, 5.41) is 0.522. The average molecular weight is 294 g/mol. The SMILES string of the molecule is COC(=O)c1ccc(CSc2nc(C)c(C)c(=O)[nH]2)o1. The zero-order valence-corrected chi connectivity index (χ0v) is 12.2. The van der Waals surface area contributed by atoms with Crippen LogP contribution >= 0.6 is 11.8 Å². The van der Waals surface area contributed by atoms with E-state index < -0.39 is 5.97 Å². The maximum Gasteiger partial charge on any atom is 0.373 e. The van der Waals surface area contributed by atoms with Crippen molar-refractivity contribution in [3.05, 3.63) is 45.3 Å². The van der Waals surface area contributed by atoms with E-state index in [-0.39, 0.29) is 11.3 Å². The van der Waals surface area contributed by atoms with Gasteiger partial charge in [-0.15, -0.1) is 0 Å². The number of aryl methyl sites for hydroxylation is 1. The number of H-pyrrole nitrogens is 1. The van der Waals surface area contributed by atoms with Crippen LogP contribution in [-0.2, 0) is 10.5 Å². The van der Waals surface area contributed by atoms with E-state index in [0.717, 1.165) is 0 Å². The molecule has 0 radical (unpaired) electrons. The topological polar surface area (TPSA) is 85.2 Å². The lowest BCUT2D eigenvalue weighted by molar-refractivity contribution is 0.0563. The summed E-state index contributed by atoms with van der Waals surface area (Å²) in [6, 6.07) is 3.25. The van der Waals surface area contributed by atoms with Crippen LogP contribution in [0.4, 0.5) is 0 Å². The molecular weight excluding hydrogens is 280 g/mol. The molecule has 6 nitrogen and oxygen atoms in total. The second kappa shape index (κ2) is 5.96. The molecule has 2 aromatic heterocycles. The van der Waals surface area contributed by atoms with Crippen LogP contribution in [0.1, 0.15) is 27.6 Å². The van der Waals surface area contributed by atoms with E-state index in [0.29, 0.717) is 27.9 Å². The average Bonchev–Trinajstić information content (AvgIpc) is 2.90. The summed E-state index contributed by atoms with van der Waals surface area (Å²) >= 11 is 1.33. The fourth-order valence-corrected chi connectivity index (χ4v) is 2.29. The Labute approximate surface area is 119 Å². The molecule has 0 amide bonds. The molecule has 0 aliphatic carbocycles. The van der Waals surface area contributed by atoms with Gasteiger partial charge in [-0.1, -0.05) is 11.8 Å². The van der Waals surface area contributed by atoms with Gasteiger partial charge >= 0.3 is 5.97 Å². The summed E-state index contributed by atoms with van der Waals surface area (Å²) in [6.45, 7) is 3.52. The molecule has 2 aromatic rings. The van der Waals surface area contributed by atoms with Crippen molar-refractivity contribution in [2.45, 2.75) is 24.8 Å². The number of aromatic nitrogens is 2. The first-order chi connectivity index (χ1) is 9.51. The quantitative estimate of drug-likeness (QED) is 0.528. The number of carbonyl (C=O) groups excluding carboxylic acids is 1. The van der Waals surface area contributed by atoms with Crippen molar-refractivity contribution in [2.24, 2.45) is 0 Å². The molecule has 20 heavy (non-hydrogen) atoms. The summed E-state index contributed by atoms with van der Waals surface area (Å²) in [5.41, 5.74) is 1.17. The van der Waals surface area contributed by atoms with Gasteiger partial charge in [0.1, 0.15) is 5.76 Å². The monoisotopic (exact) mass is 294 g/mol. The number of hydrogen-bond donors (Lipinski definition) is 1. The molecule has 1 N–H and O–H groups in total. The largest absolute Gasteiger partial charge is 0.463 e. The van der Waals surface area contributed by atoms with E-state index in [1.54, 1.807) is 26.0 Å². The number of rotatable bonds is 4. The summed E-state index contributed by atoms with van der Waals surface area (Å²) < 4.78 is 9.88. The Morgan fingerprint density at radius 1 is 1.45 bits per heavy atom. The van der Waals surface area contributed by atoms with Crippen molar-refractivity contribution in [3.8, 4) is 0 Å². The molecular formula is C13H14N2O4S. The highest BCUT2D eigenvalue weighted by atomic mass is 32.2. The van der Waals surface area contributed by atoms with Crippen molar-refractivity contribution in [1.29, 1.82) is 0 Å². The highest BCUT2D eigenvalue weighted by Gasteiger charge is 2.12. The van der Waals surface area contributed by atoms with Gasteiger partial charge in [0.2, 0.25) is 5.76 Å². The molecule has 0 atom stereocenters. The van der Waals surface area contributed by atoms with Crippen LogP contribution in [0.5, 0.6) is 0 Å². The lowest BCUT2D eigenvalue weighted by Gasteiger charge is -2.02. The third kappa shape index (κ3) is 3.11. The molecule has 0 saturated carbocycles. The molecule has 0 saturated heterocycles. The summed E-state index contributed by atoms with van der Waals surface area (Å²) in [4.78, 5) is 29.8. The minimum absolute atomic E-state index is 0.144. The maximum absolute atomic E-state index is 11.6. The molecule has 0 aliphatic heterocycles. The molecule has 0 fully saturated rings. The summed E-state index contributed by atoms with van der Waals surface area (Å²) in [7, 11) is 1.29. The predicted octanol–water partition coefficient (Wildman–Crippen LogP) is 2.06. The van der Waals surface area contributed by atoms with Crippen LogP contribution in [0.3, 0.4) is 0 Å². The van der Waals surface area contributed by atoms with E-state index in [1.165, 1.54) is 18.9 Å². The zero-order chi connectivity index (χ0) is 14.7. The maximum atomic E-state index is 11.6.